The van der Waals surface area contributed by atoms with Gasteiger partial charge in [0.25, 0.3) is 0 Å². The maximum atomic E-state index is 12.5. The van der Waals surface area contributed by atoms with E-state index in [4.69, 9.17) is 4.74 Å². The summed E-state index contributed by atoms with van der Waals surface area (Å²) in [5.41, 5.74) is 4.96. The molecule has 2 aliphatic rings. The minimum atomic E-state index is -1.10. The van der Waals surface area contributed by atoms with Crippen LogP contribution >= 0.6 is 0 Å². The van der Waals surface area contributed by atoms with Crippen LogP contribution in [0.3, 0.4) is 0 Å². The molecule has 0 radical (unpaired) electrons. The molecule has 3 aromatic carbocycles. The van der Waals surface area contributed by atoms with E-state index in [1.165, 1.54) is 17.2 Å². The van der Waals surface area contributed by atoms with Crippen molar-refractivity contribution >= 4 is 23.7 Å². The number of nitrogens with one attached hydrogen (secondary N) is 2. The van der Waals surface area contributed by atoms with E-state index < -0.39 is 12.1 Å². The highest BCUT2D eigenvalue weighted by atomic mass is 16.5. The Morgan fingerprint density at radius 3 is 2.18 bits per heavy atom. The third-order valence-electron chi connectivity index (χ3n) is 6.53. The first-order chi connectivity index (χ1) is 16.5. The van der Waals surface area contributed by atoms with Crippen molar-refractivity contribution in [2.75, 3.05) is 18.5 Å². The van der Waals surface area contributed by atoms with Crippen LogP contribution in [-0.4, -0.2) is 36.2 Å². The van der Waals surface area contributed by atoms with E-state index in [9.17, 15) is 19.5 Å². The number of alkyl carbamates (subject to hydrolysis) is 1. The molecule has 7 heteroatoms. The highest BCUT2D eigenvalue weighted by molar-refractivity contribution is 6.01. The number of carbonyl (C=O) groups is 3. The fourth-order valence-electron chi connectivity index (χ4n) is 4.66. The van der Waals surface area contributed by atoms with Crippen LogP contribution in [0.15, 0.2) is 72.8 Å². The highest BCUT2D eigenvalue weighted by Gasteiger charge is 2.43. The van der Waals surface area contributed by atoms with Gasteiger partial charge in [-0.05, 0) is 46.7 Å². The lowest BCUT2D eigenvalue weighted by atomic mass is 9.98. The Bertz CT molecular complexity index is 1230. The summed E-state index contributed by atoms with van der Waals surface area (Å²) < 4.78 is 5.54. The van der Waals surface area contributed by atoms with Crippen LogP contribution in [0.1, 0.15) is 33.8 Å². The molecule has 2 aliphatic carbocycles. The molecule has 0 saturated heterocycles. The molecular weight excluding hydrogens is 432 g/mol. The Morgan fingerprint density at radius 2 is 1.50 bits per heavy atom. The number of carboxylic acid groups (broad SMARTS) is 1. The molecule has 0 aliphatic heterocycles. The van der Waals surface area contributed by atoms with Crippen molar-refractivity contribution in [1.29, 1.82) is 0 Å². The quantitative estimate of drug-likeness (QED) is 0.486. The number of carboxylic acids is 1. The molecular formula is C27H24N2O5. The van der Waals surface area contributed by atoms with E-state index in [0.29, 0.717) is 13.0 Å². The molecule has 7 nitrogen and oxygen atoms in total. The van der Waals surface area contributed by atoms with E-state index in [-0.39, 0.29) is 41.5 Å². The zero-order valence-electron chi connectivity index (χ0n) is 18.4. The Labute approximate surface area is 196 Å². The second-order valence-corrected chi connectivity index (χ2v) is 8.65. The summed E-state index contributed by atoms with van der Waals surface area (Å²) in [6, 6.07) is 22.6. The molecule has 3 N–H and O–H groups in total. The van der Waals surface area contributed by atoms with Gasteiger partial charge in [-0.25, -0.2) is 9.59 Å². The van der Waals surface area contributed by atoms with Gasteiger partial charge in [0.15, 0.2) is 0 Å². The molecule has 2 amide bonds. The van der Waals surface area contributed by atoms with Crippen molar-refractivity contribution < 1.29 is 24.2 Å². The van der Waals surface area contributed by atoms with Crippen molar-refractivity contribution in [3.8, 4) is 11.1 Å². The number of anilines is 1. The van der Waals surface area contributed by atoms with Crippen LogP contribution in [-0.2, 0) is 9.53 Å². The smallest absolute Gasteiger partial charge is 0.407 e. The molecule has 0 spiro atoms. The standard InChI is InChI=1S/C27H24N2O5/c30-25(29-24-12-6-5-11-21(24)26(31)32)22-13-16(22)14-28-27(33)34-15-23-19-9-3-1-7-17(19)18-8-2-4-10-20(18)23/h1-12,16,22-23H,13-15H2,(H,28,33)(H,29,30)(H,31,32)/t16-,22-/m1/s1. The fourth-order valence-corrected chi connectivity index (χ4v) is 4.66. The van der Waals surface area contributed by atoms with Crippen LogP contribution in [0.4, 0.5) is 10.5 Å². The minimum absolute atomic E-state index is 0.00234. The minimum Gasteiger partial charge on any atom is -0.478 e. The fraction of sp³-hybridized carbons (Fsp3) is 0.222. The van der Waals surface area contributed by atoms with Gasteiger partial charge < -0.3 is 20.5 Å². The second-order valence-electron chi connectivity index (χ2n) is 8.65. The SMILES string of the molecule is O=C(NC[C@H]1C[C@H]1C(=O)Nc1ccccc1C(=O)O)OCC1c2ccccc2-c2ccccc21. The Balaban J connectivity index is 1.12. The second kappa shape index (κ2) is 9.02. The van der Waals surface area contributed by atoms with Crippen molar-refractivity contribution in [3.05, 3.63) is 89.5 Å². The number of benzene rings is 3. The average molecular weight is 456 g/mol. The molecule has 5 rings (SSSR count). The van der Waals surface area contributed by atoms with Crippen LogP contribution in [0.5, 0.6) is 0 Å². The van der Waals surface area contributed by atoms with Gasteiger partial charge in [0.2, 0.25) is 5.91 Å². The topological polar surface area (TPSA) is 105 Å². The summed E-state index contributed by atoms with van der Waals surface area (Å²) in [5, 5.41) is 14.7. The summed E-state index contributed by atoms with van der Waals surface area (Å²) in [5.74, 6) is -1.62. The molecule has 1 fully saturated rings. The van der Waals surface area contributed by atoms with Crippen molar-refractivity contribution in [1.82, 2.24) is 5.32 Å². The number of fused-ring (bicyclic) bond motifs is 3. The zero-order chi connectivity index (χ0) is 23.7. The molecule has 172 valence electrons. The molecule has 34 heavy (non-hydrogen) atoms. The summed E-state index contributed by atoms with van der Waals surface area (Å²) in [4.78, 5) is 36.1. The molecule has 0 aromatic heterocycles. The molecule has 0 unspecified atom stereocenters. The van der Waals surface area contributed by atoms with Crippen LogP contribution < -0.4 is 10.6 Å². The predicted octanol–water partition coefficient (Wildman–Crippen LogP) is 4.50. The van der Waals surface area contributed by atoms with Gasteiger partial charge in [0.05, 0.1) is 11.3 Å². The maximum Gasteiger partial charge on any atom is 0.407 e. The predicted molar refractivity (Wildman–Crippen MR) is 127 cm³/mol. The molecule has 0 bridgehead atoms. The maximum absolute atomic E-state index is 12.5. The van der Waals surface area contributed by atoms with Crippen LogP contribution in [0, 0.1) is 11.8 Å². The molecule has 0 heterocycles. The summed E-state index contributed by atoms with van der Waals surface area (Å²) in [7, 11) is 0. The third kappa shape index (κ3) is 4.24. The average Bonchev–Trinajstić information content (AvgIpc) is 3.57. The molecule has 1 saturated carbocycles. The van der Waals surface area contributed by atoms with E-state index >= 15 is 0 Å². The Kier molecular flexibility index (Phi) is 5.76. The first-order valence-corrected chi connectivity index (χ1v) is 11.2. The van der Waals surface area contributed by atoms with Crippen LogP contribution in [0.2, 0.25) is 0 Å². The number of ether oxygens (including phenoxy) is 1. The lowest BCUT2D eigenvalue weighted by molar-refractivity contribution is -0.117. The first-order valence-electron chi connectivity index (χ1n) is 11.2. The Hall–Kier alpha value is -4.13. The van der Waals surface area contributed by atoms with Gasteiger partial charge in [-0.2, -0.15) is 0 Å². The van der Waals surface area contributed by atoms with Gasteiger partial charge in [0, 0.05) is 18.4 Å². The summed E-state index contributed by atoms with van der Waals surface area (Å²) in [6.45, 7) is 0.565. The van der Waals surface area contributed by atoms with Gasteiger partial charge in [-0.1, -0.05) is 60.7 Å². The summed E-state index contributed by atoms with van der Waals surface area (Å²) >= 11 is 0. The van der Waals surface area contributed by atoms with Crippen molar-refractivity contribution in [2.24, 2.45) is 11.8 Å². The number of para-hydroxylation sites is 1. The van der Waals surface area contributed by atoms with E-state index in [1.807, 2.05) is 24.3 Å². The van der Waals surface area contributed by atoms with Gasteiger partial charge in [0.1, 0.15) is 6.61 Å². The van der Waals surface area contributed by atoms with E-state index in [1.54, 1.807) is 18.2 Å². The number of amides is 2. The zero-order valence-corrected chi connectivity index (χ0v) is 18.4. The van der Waals surface area contributed by atoms with E-state index in [0.717, 1.165) is 11.1 Å². The monoisotopic (exact) mass is 456 g/mol. The number of hydrogen-bond acceptors (Lipinski definition) is 4. The van der Waals surface area contributed by atoms with Gasteiger partial charge >= 0.3 is 12.1 Å². The Morgan fingerprint density at radius 1 is 0.882 bits per heavy atom. The summed E-state index contributed by atoms with van der Waals surface area (Å²) in [6.07, 6.45) is 0.120. The number of hydrogen-bond donors (Lipinski definition) is 3. The van der Waals surface area contributed by atoms with Gasteiger partial charge in [-0.3, -0.25) is 4.79 Å². The normalized spacial score (nSPS) is 17.9. The lowest BCUT2D eigenvalue weighted by Crippen LogP contribution is -2.29. The number of carbonyl (C=O) groups excluding carboxylic acids is 2. The molecule has 2 atom stereocenters. The first kappa shape index (κ1) is 21.7. The van der Waals surface area contributed by atoms with Crippen LogP contribution in [0.25, 0.3) is 11.1 Å². The van der Waals surface area contributed by atoms with Gasteiger partial charge in [-0.15, -0.1) is 0 Å². The van der Waals surface area contributed by atoms with Crippen molar-refractivity contribution in [2.45, 2.75) is 12.3 Å². The van der Waals surface area contributed by atoms with E-state index in [2.05, 4.69) is 34.9 Å². The third-order valence-corrected chi connectivity index (χ3v) is 6.53. The number of rotatable bonds is 7. The molecule has 3 aromatic rings. The lowest BCUT2D eigenvalue weighted by Gasteiger charge is -2.14. The largest absolute Gasteiger partial charge is 0.478 e. The van der Waals surface area contributed by atoms with Crippen molar-refractivity contribution in [3.63, 3.8) is 0 Å². The highest BCUT2D eigenvalue weighted by Crippen LogP contribution is 2.44. The number of aromatic carboxylic acids is 1.